The molecule has 1 N–H and O–H groups in total. The van der Waals surface area contributed by atoms with Gasteiger partial charge in [-0.15, -0.1) is 0 Å². The Balaban J connectivity index is 2.92. The summed E-state index contributed by atoms with van der Waals surface area (Å²) in [7, 11) is 0. The molecule has 0 fully saturated rings. The molecule has 0 aliphatic heterocycles. The van der Waals surface area contributed by atoms with Crippen LogP contribution < -0.4 is 5.32 Å². The maximum absolute atomic E-state index is 4.43. The predicted molar refractivity (Wildman–Crippen MR) is 72.4 cm³/mol. The normalized spacial score (nSPS) is 12.2. The van der Waals surface area contributed by atoms with Crippen LogP contribution in [0.25, 0.3) is 0 Å². The van der Waals surface area contributed by atoms with E-state index in [1.165, 1.54) is 5.57 Å². The van der Waals surface area contributed by atoms with Gasteiger partial charge in [-0.1, -0.05) is 18.6 Å². The molecule has 0 amide bonds. The predicted octanol–water partition coefficient (Wildman–Crippen LogP) is 3.85. The molecule has 0 spiro atoms. The Morgan fingerprint density at radius 1 is 1.56 bits per heavy atom. The maximum atomic E-state index is 4.43. The molecule has 0 aromatic carbocycles. The summed E-state index contributed by atoms with van der Waals surface area (Å²) < 4.78 is 1.06. The van der Waals surface area contributed by atoms with Crippen LogP contribution in [0.3, 0.4) is 0 Å². The third kappa shape index (κ3) is 4.06. The minimum Gasteiger partial charge on any atom is -0.305 e. The van der Waals surface area contributed by atoms with Crippen molar-refractivity contribution in [3.05, 3.63) is 40.1 Å². The van der Waals surface area contributed by atoms with E-state index < -0.39 is 0 Å². The van der Waals surface area contributed by atoms with E-state index in [1.54, 1.807) is 0 Å². The van der Waals surface area contributed by atoms with Crippen LogP contribution in [0.15, 0.2) is 34.5 Å². The third-order valence-corrected chi connectivity index (χ3v) is 2.87. The van der Waals surface area contributed by atoms with Crippen LogP contribution in [-0.2, 0) is 0 Å². The molecule has 1 unspecified atom stereocenters. The number of rotatable bonds is 5. The van der Waals surface area contributed by atoms with Crippen molar-refractivity contribution in [2.24, 2.45) is 0 Å². The number of hydrogen-bond donors (Lipinski definition) is 1. The fourth-order valence-electron chi connectivity index (χ4n) is 1.49. The molecule has 0 radical (unpaired) electrons. The van der Waals surface area contributed by atoms with Gasteiger partial charge in [-0.2, -0.15) is 0 Å². The Kier molecular flexibility index (Phi) is 5.71. The van der Waals surface area contributed by atoms with Crippen molar-refractivity contribution in [2.45, 2.75) is 33.2 Å². The lowest BCUT2D eigenvalue weighted by Gasteiger charge is -2.16. The smallest absolute Gasteiger partial charge is 0.0754 e. The molecule has 0 saturated carbocycles. The van der Waals surface area contributed by atoms with E-state index in [2.05, 4.69) is 53.1 Å². The van der Waals surface area contributed by atoms with E-state index in [9.17, 15) is 0 Å². The molecular formula is C13H19BrN2. The van der Waals surface area contributed by atoms with Gasteiger partial charge in [0.1, 0.15) is 0 Å². The van der Waals surface area contributed by atoms with Crippen molar-refractivity contribution in [3.63, 3.8) is 0 Å². The van der Waals surface area contributed by atoms with Gasteiger partial charge in [0.15, 0.2) is 0 Å². The fourth-order valence-corrected chi connectivity index (χ4v) is 2.00. The number of nitrogens with zero attached hydrogens (tertiary/aromatic N) is 1. The van der Waals surface area contributed by atoms with Gasteiger partial charge in [-0.3, -0.25) is 4.98 Å². The average Bonchev–Trinajstić information content (AvgIpc) is 2.24. The topological polar surface area (TPSA) is 24.9 Å². The molecule has 88 valence electrons. The van der Waals surface area contributed by atoms with Crippen molar-refractivity contribution in [3.8, 4) is 0 Å². The first kappa shape index (κ1) is 13.4. The van der Waals surface area contributed by atoms with Crippen LogP contribution in [0.4, 0.5) is 0 Å². The number of allylic oxidation sites excluding steroid dienone is 1. The number of halogens is 1. The van der Waals surface area contributed by atoms with Crippen molar-refractivity contribution in [1.29, 1.82) is 0 Å². The first-order valence-corrected chi connectivity index (χ1v) is 6.43. The van der Waals surface area contributed by atoms with Crippen LogP contribution in [0.1, 0.15) is 38.9 Å². The summed E-state index contributed by atoms with van der Waals surface area (Å²) in [6.45, 7) is 7.38. The second kappa shape index (κ2) is 6.81. The summed E-state index contributed by atoms with van der Waals surface area (Å²) in [6.07, 6.45) is 5.17. The summed E-state index contributed by atoms with van der Waals surface area (Å²) in [4.78, 5) is 4.43. The van der Waals surface area contributed by atoms with Gasteiger partial charge in [0.2, 0.25) is 0 Å². The van der Waals surface area contributed by atoms with Crippen molar-refractivity contribution in [1.82, 2.24) is 10.3 Å². The molecule has 2 nitrogen and oxygen atoms in total. The monoisotopic (exact) mass is 282 g/mol. The summed E-state index contributed by atoms with van der Waals surface area (Å²) in [5.74, 6) is 0. The quantitative estimate of drug-likeness (QED) is 0.830. The van der Waals surface area contributed by atoms with E-state index >= 15 is 0 Å². The molecule has 16 heavy (non-hydrogen) atoms. The van der Waals surface area contributed by atoms with Gasteiger partial charge in [0, 0.05) is 10.7 Å². The molecule has 1 aromatic heterocycles. The van der Waals surface area contributed by atoms with Crippen molar-refractivity contribution >= 4 is 15.9 Å². The summed E-state index contributed by atoms with van der Waals surface area (Å²) in [5, 5.41) is 3.49. The van der Waals surface area contributed by atoms with E-state index in [0.717, 1.165) is 23.1 Å². The molecule has 0 aliphatic carbocycles. The van der Waals surface area contributed by atoms with Crippen LogP contribution in [0.5, 0.6) is 0 Å². The highest BCUT2D eigenvalue weighted by Crippen LogP contribution is 2.22. The highest BCUT2D eigenvalue weighted by molar-refractivity contribution is 9.10. The molecule has 1 atom stereocenters. The van der Waals surface area contributed by atoms with Gasteiger partial charge in [0.25, 0.3) is 0 Å². The van der Waals surface area contributed by atoms with Crippen molar-refractivity contribution < 1.29 is 0 Å². The second-order valence-corrected chi connectivity index (χ2v) is 4.90. The standard InChI is InChI=1S/C13H19BrN2/c1-4-7-15-12(9-10(2)3)13-11(14)6-5-8-16-13/h5-6,8-9,12,15H,4,7H2,1-3H3. The summed E-state index contributed by atoms with van der Waals surface area (Å²) in [6, 6.07) is 4.16. The number of aromatic nitrogens is 1. The van der Waals surface area contributed by atoms with Crippen LogP contribution in [0, 0.1) is 0 Å². The van der Waals surface area contributed by atoms with E-state index in [1.807, 2.05) is 18.3 Å². The van der Waals surface area contributed by atoms with E-state index in [-0.39, 0.29) is 6.04 Å². The highest BCUT2D eigenvalue weighted by atomic mass is 79.9. The zero-order valence-corrected chi connectivity index (χ0v) is 11.7. The molecular weight excluding hydrogens is 264 g/mol. The zero-order valence-electron chi connectivity index (χ0n) is 10.1. The first-order chi connectivity index (χ1) is 7.65. The Morgan fingerprint density at radius 3 is 2.88 bits per heavy atom. The molecule has 0 bridgehead atoms. The average molecular weight is 283 g/mol. The Hall–Kier alpha value is -0.670. The molecule has 1 rings (SSSR count). The largest absolute Gasteiger partial charge is 0.305 e. The lowest BCUT2D eigenvalue weighted by molar-refractivity contribution is 0.596. The van der Waals surface area contributed by atoms with Gasteiger partial charge in [0.05, 0.1) is 11.7 Å². The lowest BCUT2D eigenvalue weighted by atomic mass is 10.1. The number of pyridine rings is 1. The molecule has 0 saturated heterocycles. The van der Waals surface area contributed by atoms with E-state index in [0.29, 0.717) is 0 Å². The molecule has 3 heteroatoms. The molecule has 1 aromatic rings. The minimum atomic E-state index is 0.195. The Bertz CT molecular complexity index is 357. The van der Waals surface area contributed by atoms with Gasteiger partial charge < -0.3 is 5.32 Å². The second-order valence-electron chi connectivity index (χ2n) is 4.05. The number of nitrogens with one attached hydrogen (secondary N) is 1. The Morgan fingerprint density at radius 2 is 2.31 bits per heavy atom. The van der Waals surface area contributed by atoms with Gasteiger partial charge in [-0.05, 0) is 54.9 Å². The van der Waals surface area contributed by atoms with Crippen LogP contribution in [0.2, 0.25) is 0 Å². The van der Waals surface area contributed by atoms with Crippen molar-refractivity contribution in [2.75, 3.05) is 6.54 Å². The lowest BCUT2D eigenvalue weighted by Crippen LogP contribution is -2.22. The summed E-state index contributed by atoms with van der Waals surface area (Å²) >= 11 is 3.55. The Labute approximate surface area is 106 Å². The van der Waals surface area contributed by atoms with Gasteiger partial charge in [-0.25, -0.2) is 0 Å². The van der Waals surface area contributed by atoms with Gasteiger partial charge >= 0.3 is 0 Å². The maximum Gasteiger partial charge on any atom is 0.0754 e. The van der Waals surface area contributed by atoms with E-state index in [4.69, 9.17) is 0 Å². The zero-order chi connectivity index (χ0) is 12.0. The SMILES string of the molecule is CCCNC(C=C(C)C)c1ncccc1Br. The highest BCUT2D eigenvalue weighted by Gasteiger charge is 2.11. The fraction of sp³-hybridized carbons (Fsp3) is 0.462. The molecule has 0 aliphatic rings. The third-order valence-electron chi connectivity index (χ3n) is 2.20. The minimum absolute atomic E-state index is 0.195. The number of hydrogen-bond acceptors (Lipinski definition) is 2. The summed E-state index contributed by atoms with van der Waals surface area (Å²) in [5.41, 5.74) is 2.35. The van der Waals surface area contributed by atoms with Crippen LogP contribution >= 0.6 is 15.9 Å². The molecule has 1 heterocycles. The first-order valence-electron chi connectivity index (χ1n) is 5.64. The van der Waals surface area contributed by atoms with Crippen LogP contribution in [-0.4, -0.2) is 11.5 Å².